The van der Waals surface area contributed by atoms with Crippen LogP contribution in [0.1, 0.15) is 0 Å². The maximum atomic E-state index is 11.4. The lowest BCUT2D eigenvalue weighted by molar-refractivity contribution is -0.378. The van der Waals surface area contributed by atoms with Gasteiger partial charge in [-0.1, -0.05) is 4.98 Å². The monoisotopic (exact) mass is 177 g/mol. The summed E-state index contributed by atoms with van der Waals surface area (Å²) in [5, 5.41) is 0. The summed E-state index contributed by atoms with van der Waals surface area (Å²) < 4.78 is 2.93. The van der Waals surface area contributed by atoms with Gasteiger partial charge in [-0.2, -0.15) is 0 Å². The molecular weight excluding hydrogens is 168 g/mol. The van der Waals surface area contributed by atoms with Crippen LogP contribution in [0.2, 0.25) is 0 Å². The Hall–Kier alpha value is -1.91. The fourth-order valence-electron chi connectivity index (χ4n) is 1.07. The molecule has 0 unspecified atom stereocenters. The average Bonchev–Trinajstić information content (AvgIpc) is 2.49. The molecule has 0 spiro atoms. The molecule has 0 aliphatic carbocycles. The molecule has 2 heterocycles. The van der Waals surface area contributed by atoms with Crippen molar-refractivity contribution in [1.82, 2.24) is 14.1 Å². The van der Waals surface area contributed by atoms with Crippen LogP contribution in [0.5, 0.6) is 0 Å². The van der Waals surface area contributed by atoms with E-state index in [9.17, 15) is 4.79 Å². The summed E-state index contributed by atoms with van der Waals surface area (Å²) >= 11 is 0. The highest BCUT2D eigenvalue weighted by atomic mass is 16.1. The molecule has 5 heteroatoms. The van der Waals surface area contributed by atoms with Gasteiger partial charge >= 0.3 is 11.6 Å². The second-order valence-corrected chi connectivity index (χ2v) is 2.67. The van der Waals surface area contributed by atoms with Crippen molar-refractivity contribution in [2.75, 3.05) is 0 Å². The fourth-order valence-corrected chi connectivity index (χ4v) is 1.07. The predicted octanol–water partition coefficient (Wildman–Crippen LogP) is -0.615. The van der Waals surface area contributed by atoms with Crippen LogP contribution in [0.3, 0.4) is 0 Å². The molecular formula is C8H9N4O+. The lowest BCUT2D eigenvalue weighted by Gasteiger charge is -1.87. The molecule has 13 heavy (non-hydrogen) atoms. The molecule has 0 aliphatic heterocycles. The molecule has 0 atom stereocenters. The van der Waals surface area contributed by atoms with E-state index < -0.39 is 0 Å². The van der Waals surface area contributed by atoms with Gasteiger partial charge in [0.2, 0.25) is 0 Å². The Kier molecular flexibility index (Phi) is 1.70. The zero-order valence-electron chi connectivity index (χ0n) is 7.14. The standard InChI is InChI=1S/C8H8N4O/c1-11-5-6-12(8(11)13)7-9-3-2-4-10-7/h2-6H,1H3/p+1. The molecule has 66 valence electrons. The van der Waals surface area contributed by atoms with Crippen LogP contribution < -0.4 is 10.7 Å². The van der Waals surface area contributed by atoms with E-state index in [0.29, 0.717) is 5.95 Å². The lowest BCUT2D eigenvalue weighted by atomic mass is 10.7. The minimum Gasteiger partial charge on any atom is -0.288 e. The largest absolute Gasteiger partial charge is 0.404 e. The molecule has 0 radical (unpaired) electrons. The topological polar surface area (TPSA) is 54.0 Å². The van der Waals surface area contributed by atoms with E-state index in [0.717, 1.165) is 0 Å². The molecule has 0 aromatic carbocycles. The van der Waals surface area contributed by atoms with Crippen LogP contribution >= 0.6 is 0 Å². The smallest absolute Gasteiger partial charge is 0.288 e. The number of rotatable bonds is 1. The van der Waals surface area contributed by atoms with Crippen molar-refractivity contribution in [1.29, 1.82) is 0 Å². The lowest BCUT2D eigenvalue weighted by Crippen LogP contribution is -2.26. The molecule has 0 saturated heterocycles. The third kappa shape index (κ3) is 1.24. The SMILES string of the molecule is Cn1ccn(-c2nccc[nH+]2)c1=O. The van der Waals surface area contributed by atoms with Crippen molar-refractivity contribution in [3.8, 4) is 5.95 Å². The molecule has 1 N–H and O–H groups in total. The van der Waals surface area contributed by atoms with Crippen LogP contribution in [0.4, 0.5) is 0 Å². The van der Waals surface area contributed by atoms with Gasteiger partial charge in [0.05, 0.1) is 12.4 Å². The Balaban J connectivity index is 2.60. The molecule has 0 amide bonds. The average molecular weight is 177 g/mol. The highest BCUT2D eigenvalue weighted by molar-refractivity contribution is 5.02. The van der Waals surface area contributed by atoms with Gasteiger partial charge < -0.3 is 0 Å². The molecule has 2 aromatic rings. The Morgan fingerprint density at radius 2 is 2.31 bits per heavy atom. The van der Waals surface area contributed by atoms with Gasteiger partial charge in [-0.3, -0.25) is 4.57 Å². The number of hydrogen-bond acceptors (Lipinski definition) is 2. The number of nitrogens with one attached hydrogen (secondary N) is 1. The van der Waals surface area contributed by atoms with Crippen molar-refractivity contribution in [2.45, 2.75) is 0 Å². The summed E-state index contributed by atoms with van der Waals surface area (Å²) in [6, 6.07) is 1.76. The number of nitrogens with zero attached hydrogens (tertiary/aromatic N) is 3. The zero-order chi connectivity index (χ0) is 9.26. The first kappa shape index (κ1) is 7.72. The summed E-state index contributed by atoms with van der Waals surface area (Å²) in [5.74, 6) is 0.521. The highest BCUT2D eigenvalue weighted by Gasteiger charge is 2.10. The first-order valence-electron chi connectivity index (χ1n) is 3.86. The second-order valence-electron chi connectivity index (χ2n) is 2.67. The molecule has 0 fully saturated rings. The summed E-state index contributed by atoms with van der Waals surface area (Å²) in [6.45, 7) is 0. The van der Waals surface area contributed by atoms with Gasteiger partial charge in [-0.05, 0) is 0 Å². The molecule has 2 rings (SSSR count). The molecule has 2 aromatic heterocycles. The minimum atomic E-state index is -0.116. The van der Waals surface area contributed by atoms with Gasteiger partial charge in [0.1, 0.15) is 6.20 Å². The quantitative estimate of drug-likeness (QED) is 0.583. The summed E-state index contributed by atoms with van der Waals surface area (Å²) in [5.41, 5.74) is -0.116. The van der Waals surface area contributed by atoms with Crippen molar-refractivity contribution < 1.29 is 4.98 Å². The van der Waals surface area contributed by atoms with Crippen LogP contribution in [0.25, 0.3) is 5.95 Å². The number of aromatic nitrogens is 4. The molecule has 0 saturated carbocycles. The molecule has 0 aliphatic rings. The normalized spacial score (nSPS) is 10.2. The van der Waals surface area contributed by atoms with Crippen LogP contribution in [0.15, 0.2) is 35.6 Å². The van der Waals surface area contributed by atoms with Crippen molar-refractivity contribution in [2.24, 2.45) is 7.05 Å². The Labute approximate surface area is 74.3 Å². The van der Waals surface area contributed by atoms with Gasteiger partial charge in [0.15, 0.2) is 0 Å². The van der Waals surface area contributed by atoms with E-state index in [4.69, 9.17) is 0 Å². The highest BCUT2D eigenvalue weighted by Crippen LogP contribution is 1.89. The number of hydrogen-bond donors (Lipinski definition) is 0. The van der Waals surface area contributed by atoms with Gasteiger partial charge in [0.25, 0.3) is 0 Å². The Morgan fingerprint density at radius 1 is 1.46 bits per heavy atom. The Bertz CT molecular complexity index is 456. The second kappa shape index (κ2) is 2.85. The summed E-state index contributed by atoms with van der Waals surface area (Å²) in [6.07, 6.45) is 6.71. The zero-order valence-corrected chi connectivity index (χ0v) is 7.14. The number of H-pyrrole nitrogens is 1. The van der Waals surface area contributed by atoms with E-state index in [2.05, 4.69) is 9.97 Å². The van der Waals surface area contributed by atoms with Crippen molar-refractivity contribution in [3.63, 3.8) is 0 Å². The minimum absolute atomic E-state index is 0.116. The Morgan fingerprint density at radius 3 is 2.85 bits per heavy atom. The maximum Gasteiger partial charge on any atom is 0.404 e. The predicted molar refractivity (Wildman–Crippen MR) is 45.4 cm³/mol. The van der Waals surface area contributed by atoms with E-state index in [1.807, 2.05) is 0 Å². The first-order chi connectivity index (χ1) is 6.29. The van der Waals surface area contributed by atoms with E-state index in [1.165, 1.54) is 9.13 Å². The number of aryl methyl sites for hydroxylation is 1. The summed E-state index contributed by atoms with van der Waals surface area (Å²) in [7, 11) is 1.70. The van der Waals surface area contributed by atoms with Gasteiger partial charge in [-0.25, -0.2) is 9.78 Å². The van der Waals surface area contributed by atoms with Gasteiger partial charge in [-0.15, -0.1) is 4.57 Å². The third-order valence-corrected chi connectivity index (χ3v) is 1.77. The van der Waals surface area contributed by atoms with E-state index >= 15 is 0 Å². The molecule has 5 nitrogen and oxygen atoms in total. The van der Waals surface area contributed by atoms with Crippen molar-refractivity contribution >= 4 is 0 Å². The molecule has 0 bridgehead atoms. The number of aromatic amines is 1. The number of imidazole rings is 1. The van der Waals surface area contributed by atoms with Crippen LogP contribution in [-0.4, -0.2) is 14.1 Å². The third-order valence-electron chi connectivity index (χ3n) is 1.77. The van der Waals surface area contributed by atoms with E-state index in [1.54, 1.807) is 37.9 Å². The first-order valence-corrected chi connectivity index (χ1v) is 3.86. The van der Waals surface area contributed by atoms with Crippen molar-refractivity contribution in [3.05, 3.63) is 41.3 Å². The maximum absolute atomic E-state index is 11.4. The van der Waals surface area contributed by atoms with Gasteiger partial charge in [0, 0.05) is 19.3 Å². The van der Waals surface area contributed by atoms with Crippen LogP contribution in [-0.2, 0) is 7.05 Å². The van der Waals surface area contributed by atoms with E-state index in [-0.39, 0.29) is 5.69 Å². The summed E-state index contributed by atoms with van der Waals surface area (Å²) in [4.78, 5) is 18.3. The fraction of sp³-hybridized carbons (Fsp3) is 0.125. The van der Waals surface area contributed by atoms with Crippen LogP contribution in [0, 0.1) is 0 Å².